The van der Waals surface area contributed by atoms with Crippen molar-refractivity contribution in [3.63, 3.8) is 0 Å². The maximum atomic E-state index is 5.24. The molecule has 6 heterocycles. The number of aromatic nitrogens is 2. The summed E-state index contributed by atoms with van der Waals surface area (Å²) in [7, 11) is 4.45. The summed E-state index contributed by atoms with van der Waals surface area (Å²) in [6.07, 6.45) is 4.17. The number of benzene rings is 4. The second-order valence-electron chi connectivity index (χ2n) is 14.8. The smallest absolute Gasteiger partial charge is 0.385 e. The summed E-state index contributed by atoms with van der Waals surface area (Å²) >= 11 is 3.72. The fourth-order valence-electron chi connectivity index (χ4n) is 8.98. The van der Waals surface area contributed by atoms with Crippen molar-refractivity contribution < 1.29 is 0 Å². The third kappa shape index (κ3) is 4.27. The molecular formula is C43H34B2N6S2. The van der Waals surface area contributed by atoms with Gasteiger partial charge in [0.2, 0.25) is 0 Å². The molecule has 0 amide bonds. The van der Waals surface area contributed by atoms with Crippen LogP contribution in [-0.2, 0) is 5.41 Å². The maximum absolute atomic E-state index is 5.24. The molecule has 6 nitrogen and oxygen atoms in total. The Morgan fingerprint density at radius 2 is 0.925 bits per heavy atom. The first-order valence-corrected chi connectivity index (χ1v) is 19.7. The van der Waals surface area contributed by atoms with Gasteiger partial charge < -0.3 is 19.2 Å². The molecule has 3 aliphatic rings. The van der Waals surface area contributed by atoms with Crippen molar-refractivity contribution >= 4 is 100 Å². The maximum Gasteiger partial charge on any atom is 0.418 e. The van der Waals surface area contributed by atoms with Gasteiger partial charge >= 0.3 is 14.0 Å². The Hall–Kier alpha value is -5.57. The minimum absolute atomic E-state index is 0.0375. The van der Waals surface area contributed by atoms with Gasteiger partial charge in [0.1, 0.15) is 10.0 Å². The Balaban J connectivity index is 1.01. The molecule has 4 aromatic carbocycles. The molecule has 0 bridgehead atoms. The fraction of sp³-hybridized carbons (Fsp3) is 0.116. The van der Waals surface area contributed by atoms with Crippen LogP contribution in [0.1, 0.15) is 25.0 Å². The molecule has 11 rings (SSSR count). The number of hydrogen-bond donors (Lipinski definition) is 0. The average molecular weight is 721 g/mol. The normalized spacial score (nSPS) is 15.5. The van der Waals surface area contributed by atoms with E-state index < -0.39 is 0 Å². The lowest BCUT2D eigenvalue weighted by Gasteiger charge is -2.30. The van der Waals surface area contributed by atoms with E-state index >= 15 is 0 Å². The summed E-state index contributed by atoms with van der Waals surface area (Å²) in [5, 5.41) is 5.12. The molecule has 0 saturated heterocycles. The van der Waals surface area contributed by atoms with Crippen LogP contribution in [0.15, 0.2) is 134 Å². The van der Waals surface area contributed by atoms with Gasteiger partial charge in [-0.25, -0.2) is 0 Å². The van der Waals surface area contributed by atoms with Crippen molar-refractivity contribution in [2.45, 2.75) is 19.3 Å². The number of hydrogen-bond acceptors (Lipinski definition) is 8. The van der Waals surface area contributed by atoms with Gasteiger partial charge in [0.25, 0.3) is 0 Å². The van der Waals surface area contributed by atoms with Gasteiger partial charge in [0, 0.05) is 49.4 Å². The van der Waals surface area contributed by atoms with Crippen LogP contribution in [0.5, 0.6) is 0 Å². The Morgan fingerprint density at radius 1 is 0.528 bits per heavy atom. The first-order chi connectivity index (χ1) is 25.9. The minimum Gasteiger partial charge on any atom is -0.385 e. The Morgan fingerprint density at radius 3 is 1.36 bits per heavy atom. The average Bonchev–Trinajstić information content (AvgIpc) is 3.96. The summed E-state index contributed by atoms with van der Waals surface area (Å²) in [6.45, 7) is 4.60. The topological polar surface area (TPSA) is 38.7 Å². The minimum atomic E-state index is -0.296. The van der Waals surface area contributed by atoms with Crippen molar-refractivity contribution in [2.24, 2.45) is 0 Å². The van der Waals surface area contributed by atoms with Crippen molar-refractivity contribution in [1.29, 1.82) is 0 Å². The highest BCUT2D eigenvalue weighted by molar-refractivity contribution is 7.25. The van der Waals surface area contributed by atoms with Crippen LogP contribution in [0.4, 0.5) is 32.8 Å². The molecule has 0 fully saturated rings. The third-order valence-electron chi connectivity index (χ3n) is 11.5. The number of pyridine rings is 2. The van der Waals surface area contributed by atoms with Crippen LogP contribution in [-0.4, -0.2) is 38.0 Å². The highest BCUT2D eigenvalue weighted by atomic mass is 32.1. The first kappa shape index (κ1) is 31.0. The molecule has 8 aromatic rings. The molecule has 53 heavy (non-hydrogen) atoms. The van der Waals surface area contributed by atoms with Crippen molar-refractivity contribution in [3.05, 3.63) is 145 Å². The number of fused-ring (bicyclic) bond motifs is 9. The zero-order valence-electron chi connectivity index (χ0n) is 29.9. The second kappa shape index (κ2) is 11.2. The number of para-hydroxylation sites is 2. The molecular weight excluding hydrogens is 686 g/mol. The van der Waals surface area contributed by atoms with Crippen molar-refractivity contribution in [2.75, 3.05) is 33.3 Å². The van der Waals surface area contributed by atoms with Crippen LogP contribution in [0, 0.1) is 0 Å². The Labute approximate surface area is 317 Å². The lowest BCUT2D eigenvalue weighted by Crippen LogP contribution is -2.54. The van der Waals surface area contributed by atoms with E-state index in [-0.39, 0.29) is 19.4 Å². The van der Waals surface area contributed by atoms with Gasteiger partial charge in [0.05, 0.1) is 22.8 Å². The first-order valence-electron chi connectivity index (χ1n) is 18.1. The van der Waals surface area contributed by atoms with Crippen molar-refractivity contribution in [1.82, 2.24) is 9.97 Å². The van der Waals surface area contributed by atoms with Gasteiger partial charge in [-0.3, -0.25) is 9.97 Å². The van der Waals surface area contributed by atoms with Gasteiger partial charge in [-0.05, 0) is 72.5 Å². The standard InChI is InChI=1S/C43H34B2N6S2/c1-43(2)33-23-27(44-48(3)41-39(31-19-11-13-21-35(31)52-41)50(44)29-15-7-5-8-16-29)25-46-37(33)38-34(43)24-28(26-47-38)45-49(4)42-40(32-20-12-14-22-36(32)53-42)51(45)30-17-9-6-10-18-30/h5-26H,1-4H3. The summed E-state index contributed by atoms with van der Waals surface area (Å²) in [5.41, 5.74) is 11.3. The number of anilines is 6. The fourth-order valence-corrected chi connectivity index (χ4v) is 11.3. The highest BCUT2D eigenvalue weighted by Crippen LogP contribution is 2.54. The molecule has 2 aliphatic heterocycles. The van der Waals surface area contributed by atoms with Crippen LogP contribution >= 0.6 is 22.7 Å². The monoisotopic (exact) mass is 720 g/mol. The van der Waals surface area contributed by atoms with E-state index in [0.717, 1.165) is 11.4 Å². The second-order valence-corrected chi connectivity index (χ2v) is 16.9. The van der Waals surface area contributed by atoms with Gasteiger partial charge in [0.15, 0.2) is 0 Å². The van der Waals surface area contributed by atoms with E-state index in [1.807, 2.05) is 22.7 Å². The zero-order valence-corrected chi connectivity index (χ0v) is 31.5. The molecule has 0 unspecified atom stereocenters. The van der Waals surface area contributed by atoms with Gasteiger partial charge in [-0.2, -0.15) is 0 Å². The summed E-state index contributed by atoms with van der Waals surface area (Å²) in [6, 6.07) is 43.9. The van der Waals surface area contributed by atoms with Gasteiger partial charge in [-0.1, -0.05) is 98.8 Å². The SMILES string of the molecule is CN1B(c2cnc3c(c2)C(C)(C)c2cc(B4N(C)c5sc6ccccc6c5N4c4ccccc4)cnc2-3)N(c2ccccc2)c2c1sc1ccccc21. The quantitative estimate of drug-likeness (QED) is 0.169. The number of rotatable bonds is 4. The van der Waals surface area contributed by atoms with Crippen LogP contribution < -0.4 is 30.2 Å². The molecule has 254 valence electrons. The van der Waals surface area contributed by atoms with E-state index in [2.05, 4.69) is 181 Å². The molecule has 0 saturated carbocycles. The zero-order chi connectivity index (χ0) is 35.6. The van der Waals surface area contributed by atoms with E-state index in [4.69, 9.17) is 9.97 Å². The predicted octanol–water partition coefficient (Wildman–Crippen LogP) is 9.18. The summed E-state index contributed by atoms with van der Waals surface area (Å²) < 4.78 is 2.60. The van der Waals surface area contributed by atoms with E-state index in [1.165, 1.54) is 75.0 Å². The summed E-state index contributed by atoms with van der Waals surface area (Å²) in [5.74, 6) is 0. The molecule has 4 aromatic heterocycles. The van der Waals surface area contributed by atoms with E-state index in [1.54, 1.807) is 0 Å². The highest BCUT2D eigenvalue weighted by Gasteiger charge is 2.48. The Kier molecular flexibility index (Phi) is 6.56. The molecule has 0 N–H and O–H groups in total. The lowest BCUT2D eigenvalue weighted by molar-refractivity contribution is 0.659. The van der Waals surface area contributed by atoms with Crippen molar-refractivity contribution in [3.8, 4) is 11.4 Å². The largest absolute Gasteiger partial charge is 0.418 e. The summed E-state index contributed by atoms with van der Waals surface area (Å²) in [4.78, 5) is 20.3. The molecule has 0 atom stereocenters. The van der Waals surface area contributed by atoms with E-state index in [0.29, 0.717) is 0 Å². The van der Waals surface area contributed by atoms with E-state index in [9.17, 15) is 0 Å². The molecule has 10 heteroatoms. The number of thiophene rings is 2. The number of nitrogens with zero attached hydrogens (tertiary/aromatic N) is 6. The molecule has 1 aliphatic carbocycles. The van der Waals surface area contributed by atoms with Crippen LogP contribution in [0.2, 0.25) is 0 Å². The lowest BCUT2D eigenvalue weighted by atomic mass is 9.64. The van der Waals surface area contributed by atoms with Crippen LogP contribution in [0.25, 0.3) is 31.6 Å². The molecule has 0 radical (unpaired) electrons. The Bertz CT molecular complexity index is 2560. The third-order valence-corrected chi connectivity index (χ3v) is 14.0. The van der Waals surface area contributed by atoms with Crippen LogP contribution in [0.3, 0.4) is 0 Å². The van der Waals surface area contributed by atoms with Gasteiger partial charge in [-0.15, -0.1) is 22.7 Å². The predicted molar refractivity (Wildman–Crippen MR) is 228 cm³/mol. The molecule has 0 spiro atoms.